The van der Waals surface area contributed by atoms with E-state index in [1.54, 1.807) is 13.3 Å². The molecule has 0 atom stereocenters. The van der Waals surface area contributed by atoms with Crippen LogP contribution in [0.1, 0.15) is 16.7 Å². The first kappa shape index (κ1) is 17.7. The topological polar surface area (TPSA) is 72.0 Å². The third-order valence-electron chi connectivity index (χ3n) is 4.02. The highest BCUT2D eigenvalue weighted by Crippen LogP contribution is 2.17. The van der Waals surface area contributed by atoms with Crippen LogP contribution in [0.15, 0.2) is 54.7 Å². The zero-order valence-corrected chi connectivity index (χ0v) is 15.1. The molecule has 0 unspecified atom stereocenters. The summed E-state index contributed by atoms with van der Waals surface area (Å²) in [5.41, 5.74) is 3.57. The number of aryl methyl sites for hydroxylation is 1. The van der Waals surface area contributed by atoms with E-state index in [1.165, 1.54) is 11.1 Å². The predicted molar refractivity (Wildman–Crippen MR) is 104 cm³/mol. The van der Waals surface area contributed by atoms with E-state index in [0.717, 1.165) is 24.3 Å². The van der Waals surface area contributed by atoms with Gasteiger partial charge in [0.25, 0.3) is 0 Å². The van der Waals surface area contributed by atoms with E-state index in [9.17, 15) is 0 Å². The second kappa shape index (κ2) is 8.80. The first-order chi connectivity index (χ1) is 12.7. The summed E-state index contributed by atoms with van der Waals surface area (Å²) in [6.45, 7) is 3.47. The van der Waals surface area contributed by atoms with Crippen molar-refractivity contribution < 1.29 is 4.74 Å². The third kappa shape index (κ3) is 4.92. The van der Waals surface area contributed by atoms with Crippen LogP contribution in [0.4, 0.5) is 11.8 Å². The zero-order chi connectivity index (χ0) is 18.2. The minimum atomic E-state index is 0.507. The molecule has 134 valence electrons. The van der Waals surface area contributed by atoms with Crippen LogP contribution in [0, 0.1) is 6.92 Å². The lowest BCUT2D eigenvalue weighted by atomic mass is 10.1. The number of hydrogen-bond acceptors (Lipinski definition) is 6. The number of ether oxygens (including phenoxy) is 1. The molecule has 0 radical (unpaired) electrons. The van der Waals surface area contributed by atoms with Crippen molar-refractivity contribution in [2.24, 2.45) is 0 Å². The summed E-state index contributed by atoms with van der Waals surface area (Å²) < 4.78 is 5.37. The molecule has 6 heteroatoms. The second-order valence-corrected chi connectivity index (χ2v) is 5.99. The van der Waals surface area contributed by atoms with Crippen molar-refractivity contribution in [2.45, 2.75) is 19.9 Å². The van der Waals surface area contributed by atoms with E-state index in [1.807, 2.05) is 18.2 Å². The first-order valence-electron chi connectivity index (χ1n) is 8.59. The van der Waals surface area contributed by atoms with Gasteiger partial charge in [-0.1, -0.05) is 48.0 Å². The maximum absolute atomic E-state index is 5.37. The quantitative estimate of drug-likeness (QED) is 0.649. The van der Waals surface area contributed by atoms with Crippen molar-refractivity contribution in [1.29, 1.82) is 0 Å². The molecule has 1 heterocycles. The van der Waals surface area contributed by atoms with Crippen LogP contribution in [-0.4, -0.2) is 28.8 Å². The van der Waals surface area contributed by atoms with Crippen molar-refractivity contribution in [3.8, 4) is 5.75 Å². The van der Waals surface area contributed by atoms with Crippen molar-refractivity contribution in [3.05, 3.63) is 71.4 Å². The van der Waals surface area contributed by atoms with Crippen molar-refractivity contribution in [2.75, 3.05) is 24.3 Å². The highest BCUT2D eigenvalue weighted by molar-refractivity contribution is 5.39. The molecule has 0 spiro atoms. The molecule has 0 saturated heterocycles. The molecule has 26 heavy (non-hydrogen) atoms. The summed E-state index contributed by atoms with van der Waals surface area (Å²) in [6.07, 6.45) is 2.46. The van der Waals surface area contributed by atoms with Crippen LogP contribution in [0.3, 0.4) is 0 Å². The van der Waals surface area contributed by atoms with Gasteiger partial charge in [0.1, 0.15) is 5.75 Å². The Balaban J connectivity index is 1.53. The molecule has 0 aliphatic rings. The molecule has 0 aliphatic carbocycles. The van der Waals surface area contributed by atoms with Gasteiger partial charge in [0.2, 0.25) is 5.95 Å². The summed E-state index contributed by atoms with van der Waals surface area (Å²) in [7, 11) is 1.69. The minimum absolute atomic E-state index is 0.507. The molecule has 0 saturated carbocycles. The molecular formula is C20H23N5O. The molecule has 0 fully saturated rings. The molecule has 3 aromatic rings. The Bertz CT molecular complexity index is 836. The summed E-state index contributed by atoms with van der Waals surface area (Å²) in [4.78, 5) is 4.45. The highest BCUT2D eigenvalue weighted by Gasteiger charge is 2.03. The van der Waals surface area contributed by atoms with Crippen molar-refractivity contribution in [3.63, 3.8) is 0 Å². The Morgan fingerprint density at radius 1 is 1.00 bits per heavy atom. The lowest BCUT2D eigenvalue weighted by Crippen LogP contribution is -2.10. The van der Waals surface area contributed by atoms with E-state index in [0.29, 0.717) is 18.3 Å². The largest absolute Gasteiger partial charge is 0.496 e. The predicted octanol–water partition coefficient (Wildman–Crippen LogP) is 3.46. The molecule has 3 rings (SSSR count). The molecular weight excluding hydrogens is 326 g/mol. The Labute approximate surface area is 153 Å². The van der Waals surface area contributed by atoms with Gasteiger partial charge in [0, 0.05) is 13.1 Å². The van der Waals surface area contributed by atoms with Gasteiger partial charge in [0.15, 0.2) is 5.82 Å². The van der Waals surface area contributed by atoms with Gasteiger partial charge in [-0.2, -0.15) is 10.1 Å². The number of anilines is 2. The number of benzene rings is 2. The standard InChI is InChI=1S/C20H23N5O/c1-15-7-9-16(10-8-15)13-22-20-24-19(14-23-25-20)21-12-11-17-5-3-4-6-18(17)26-2/h3-10,14H,11-13H2,1-2H3,(H2,21,22,24,25). The summed E-state index contributed by atoms with van der Waals surface area (Å²) >= 11 is 0. The molecule has 0 amide bonds. The van der Waals surface area contributed by atoms with Crippen molar-refractivity contribution in [1.82, 2.24) is 15.2 Å². The van der Waals surface area contributed by atoms with E-state index in [4.69, 9.17) is 4.74 Å². The summed E-state index contributed by atoms with van der Waals surface area (Å²) in [5, 5.41) is 14.5. The van der Waals surface area contributed by atoms with Gasteiger partial charge >= 0.3 is 0 Å². The molecule has 1 aromatic heterocycles. The fraction of sp³-hybridized carbons (Fsp3) is 0.250. The Morgan fingerprint density at radius 2 is 1.81 bits per heavy atom. The average Bonchev–Trinajstić information content (AvgIpc) is 2.68. The van der Waals surface area contributed by atoms with Crippen molar-refractivity contribution >= 4 is 11.8 Å². The highest BCUT2D eigenvalue weighted by atomic mass is 16.5. The first-order valence-corrected chi connectivity index (χ1v) is 8.59. The van der Waals surface area contributed by atoms with Gasteiger partial charge in [-0.3, -0.25) is 0 Å². The fourth-order valence-corrected chi connectivity index (χ4v) is 2.59. The van der Waals surface area contributed by atoms with Crippen LogP contribution < -0.4 is 15.4 Å². The van der Waals surface area contributed by atoms with Crippen LogP contribution in [0.2, 0.25) is 0 Å². The lowest BCUT2D eigenvalue weighted by molar-refractivity contribution is 0.410. The van der Waals surface area contributed by atoms with Crippen LogP contribution in [0.25, 0.3) is 0 Å². The van der Waals surface area contributed by atoms with E-state index in [2.05, 4.69) is 63.1 Å². The Morgan fingerprint density at radius 3 is 2.62 bits per heavy atom. The maximum Gasteiger partial charge on any atom is 0.244 e. The number of methoxy groups -OCH3 is 1. The molecule has 0 aliphatic heterocycles. The monoisotopic (exact) mass is 349 g/mol. The number of nitrogens with zero attached hydrogens (tertiary/aromatic N) is 3. The maximum atomic E-state index is 5.37. The smallest absolute Gasteiger partial charge is 0.244 e. The average molecular weight is 349 g/mol. The van der Waals surface area contributed by atoms with Crippen LogP contribution >= 0.6 is 0 Å². The number of para-hydroxylation sites is 1. The van der Waals surface area contributed by atoms with Gasteiger partial charge in [-0.05, 0) is 30.5 Å². The van der Waals surface area contributed by atoms with Crippen LogP contribution in [0.5, 0.6) is 5.75 Å². The summed E-state index contributed by atoms with van der Waals surface area (Å²) in [5.74, 6) is 2.10. The molecule has 0 bridgehead atoms. The zero-order valence-electron chi connectivity index (χ0n) is 15.1. The normalized spacial score (nSPS) is 10.4. The number of nitrogens with one attached hydrogen (secondary N) is 2. The van der Waals surface area contributed by atoms with Gasteiger partial charge in [0.05, 0.1) is 13.3 Å². The number of hydrogen-bond donors (Lipinski definition) is 2. The van der Waals surface area contributed by atoms with Gasteiger partial charge in [-0.15, -0.1) is 5.10 Å². The van der Waals surface area contributed by atoms with Crippen LogP contribution in [-0.2, 0) is 13.0 Å². The Hall–Kier alpha value is -3.15. The van der Waals surface area contributed by atoms with E-state index >= 15 is 0 Å². The minimum Gasteiger partial charge on any atom is -0.496 e. The number of rotatable bonds is 8. The summed E-state index contributed by atoms with van der Waals surface area (Å²) in [6, 6.07) is 16.4. The Kier molecular flexibility index (Phi) is 5.98. The van der Waals surface area contributed by atoms with Gasteiger partial charge < -0.3 is 15.4 Å². The number of aromatic nitrogens is 3. The second-order valence-electron chi connectivity index (χ2n) is 5.99. The molecule has 2 N–H and O–H groups in total. The molecule has 6 nitrogen and oxygen atoms in total. The lowest BCUT2D eigenvalue weighted by Gasteiger charge is -2.10. The fourth-order valence-electron chi connectivity index (χ4n) is 2.59. The third-order valence-corrected chi connectivity index (χ3v) is 4.02. The molecule has 2 aromatic carbocycles. The van der Waals surface area contributed by atoms with E-state index in [-0.39, 0.29) is 0 Å². The SMILES string of the molecule is COc1ccccc1CCNc1cnnc(NCc2ccc(C)cc2)n1. The van der Waals surface area contributed by atoms with Gasteiger partial charge in [-0.25, -0.2) is 0 Å². The van der Waals surface area contributed by atoms with E-state index < -0.39 is 0 Å².